The number of halogens is 1. The van der Waals surface area contributed by atoms with Crippen LogP contribution in [0.2, 0.25) is 0 Å². The fourth-order valence-corrected chi connectivity index (χ4v) is 1.75. The van der Waals surface area contributed by atoms with Crippen LogP contribution in [-0.4, -0.2) is 23.9 Å². The molecule has 0 amide bonds. The summed E-state index contributed by atoms with van der Waals surface area (Å²) in [4.78, 5) is 0. The van der Waals surface area contributed by atoms with Gasteiger partial charge >= 0.3 is 0 Å². The molecule has 0 saturated carbocycles. The smallest absolute Gasteiger partial charge is 0.148 e. The molecule has 0 bridgehead atoms. The van der Waals surface area contributed by atoms with E-state index in [-0.39, 0.29) is 18.8 Å². The summed E-state index contributed by atoms with van der Waals surface area (Å²) >= 11 is 3.43. The summed E-state index contributed by atoms with van der Waals surface area (Å²) in [5, 5.41) is 12.5. The largest absolute Gasteiger partial charge is 0.481 e. The van der Waals surface area contributed by atoms with Crippen molar-refractivity contribution < 1.29 is 9.84 Å². The summed E-state index contributed by atoms with van der Waals surface area (Å²) in [6.45, 7) is 4.80. The first-order chi connectivity index (χ1) is 8.48. The molecule has 0 saturated heterocycles. The van der Waals surface area contributed by atoms with Crippen molar-refractivity contribution in [2.24, 2.45) is 0 Å². The first kappa shape index (κ1) is 15.0. The van der Waals surface area contributed by atoms with Crippen molar-refractivity contribution in [1.82, 2.24) is 5.32 Å². The van der Waals surface area contributed by atoms with E-state index in [1.54, 1.807) is 0 Å². The van der Waals surface area contributed by atoms with Crippen LogP contribution in [-0.2, 0) is 6.54 Å². The van der Waals surface area contributed by atoms with E-state index in [9.17, 15) is 5.11 Å². The van der Waals surface area contributed by atoms with Crippen LogP contribution in [0.1, 0.15) is 19.4 Å². The van der Waals surface area contributed by atoms with Gasteiger partial charge in [-0.1, -0.05) is 21.9 Å². The van der Waals surface area contributed by atoms with E-state index in [2.05, 4.69) is 27.2 Å². The van der Waals surface area contributed by atoms with Crippen molar-refractivity contribution in [2.75, 3.05) is 13.2 Å². The molecular weight excluding hydrogens is 294 g/mol. The molecule has 2 N–H and O–H groups in total. The van der Waals surface area contributed by atoms with E-state index < -0.39 is 0 Å². The van der Waals surface area contributed by atoms with Crippen LogP contribution >= 0.6 is 15.9 Å². The van der Waals surface area contributed by atoms with Crippen molar-refractivity contribution in [3.05, 3.63) is 28.2 Å². The van der Waals surface area contributed by atoms with Gasteiger partial charge in [0.1, 0.15) is 12.4 Å². The average molecular weight is 312 g/mol. The molecule has 0 aromatic heterocycles. The second-order valence-electron chi connectivity index (χ2n) is 4.64. The fraction of sp³-hybridized carbons (Fsp3) is 0.429. The minimum absolute atomic E-state index is 0.0710. The molecule has 0 radical (unpaired) electrons. The molecule has 3 nitrogen and oxygen atoms in total. The first-order valence-corrected chi connectivity index (χ1v) is 6.48. The number of rotatable bonds is 6. The molecule has 0 aliphatic rings. The third-order valence-electron chi connectivity index (χ3n) is 2.49. The molecule has 98 valence electrons. The lowest BCUT2D eigenvalue weighted by molar-refractivity contribution is 0.187. The van der Waals surface area contributed by atoms with Gasteiger partial charge in [-0.3, -0.25) is 0 Å². The van der Waals surface area contributed by atoms with E-state index in [4.69, 9.17) is 11.2 Å². The number of aliphatic hydroxyl groups excluding tert-OH is 1. The Morgan fingerprint density at radius 1 is 1.50 bits per heavy atom. The molecule has 0 aliphatic carbocycles. The number of nitrogens with one attached hydrogen (secondary N) is 1. The normalized spacial score (nSPS) is 11.1. The Balaban J connectivity index is 2.79. The van der Waals surface area contributed by atoms with Crippen LogP contribution in [0, 0.1) is 12.3 Å². The number of benzene rings is 1. The van der Waals surface area contributed by atoms with Crippen LogP contribution in [0.25, 0.3) is 0 Å². The Kier molecular flexibility index (Phi) is 5.67. The second-order valence-corrected chi connectivity index (χ2v) is 5.56. The van der Waals surface area contributed by atoms with E-state index in [0.29, 0.717) is 6.54 Å². The number of ether oxygens (including phenoxy) is 1. The molecule has 0 fully saturated rings. The maximum absolute atomic E-state index is 9.21. The Bertz CT molecular complexity index is 438. The molecule has 1 aromatic rings. The van der Waals surface area contributed by atoms with Gasteiger partial charge in [-0.15, -0.1) is 6.42 Å². The van der Waals surface area contributed by atoms with Crippen molar-refractivity contribution in [2.45, 2.75) is 25.9 Å². The fourth-order valence-electron chi connectivity index (χ4n) is 1.34. The third-order valence-corrected chi connectivity index (χ3v) is 2.98. The minimum Gasteiger partial charge on any atom is -0.481 e. The lowest BCUT2D eigenvalue weighted by Gasteiger charge is -2.24. The molecule has 0 atom stereocenters. The summed E-state index contributed by atoms with van der Waals surface area (Å²) in [6, 6.07) is 5.77. The van der Waals surface area contributed by atoms with Crippen LogP contribution in [0.15, 0.2) is 22.7 Å². The number of terminal acetylenes is 1. The second kappa shape index (κ2) is 6.79. The van der Waals surface area contributed by atoms with Gasteiger partial charge in [-0.2, -0.15) is 0 Å². The number of hydrogen-bond acceptors (Lipinski definition) is 3. The van der Waals surface area contributed by atoms with Gasteiger partial charge in [0.25, 0.3) is 0 Å². The zero-order valence-electron chi connectivity index (χ0n) is 10.7. The van der Waals surface area contributed by atoms with E-state index in [1.165, 1.54) is 0 Å². The molecule has 18 heavy (non-hydrogen) atoms. The Labute approximate surface area is 117 Å². The highest BCUT2D eigenvalue weighted by Gasteiger charge is 2.16. The van der Waals surface area contributed by atoms with Gasteiger partial charge in [0.05, 0.1) is 6.61 Å². The highest BCUT2D eigenvalue weighted by atomic mass is 79.9. The lowest BCUT2D eigenvalue weighted by Crippen LogP contribution is -2.42. The van der Waals surface area contributed by atoms with Crippen LogP contribution in [0.5, 0.6) is 5.75 Å². The van der Waals surface area contributed by atoms with Gasteiger partial charge in [-0.25, -0.2) is 0 Å². The van der Waals surface area contributed by atoms with Gasteiger partial charge in [-0.05, 0) is 32.0 Å². The lowest BCUT2D eigenvalue weighted by atomic mass is 10.1. The Morgan fingerprint density at radius 3 is 2.83 bits per heavy atom. The highest BCUT2D eigenvalue weighted by Crippen LogP contribution is 2.23. The Morgan fingerprint density at radius 2 is 2.22 bits per heavy atom. The summed E-state index contributed by atoms with van der Waals surface area (Å²) in [6.07, 6.45) is 5.19. The number of hydrogen-bond donors (Lipinski definition) is 2. The van der Waals surface area contributed by atoms with Crippen molar-refractivity contribution >= 4 is 15.9 Å². The third kappa shape index (κ3) is 4.69. The van der Waals surface area contributed by atoms with Crippen molar-refractivity contribution in [1.29, 1.82) is 0 Å². The van der Waals surface area contributed by atoms with Crippen LogP contribution < -0.4 is 10.1 Å². The minimum atomic E-state index is -0.328. The SMILES string of the molecule is C#CCOc1ccc(Br)cc1CNC(C)(C)CO. The monoisotopic (exact) mass is 311 g/mol. The Hall–Kier alpha value is -1.02. The van der Waals surface area contributed by atoms with Gasteiger partial charge < -0.3 is 15.2 Å². The molecule has 0 aliphatic heterocycles. The maximum atomic E-state index is 9.21. The molecule has 0 unspecified atom stereocenters. The van der Waals surface area contributed by atoms with E-state index in [1.807, 2.05) is 32.0 Å². The topological polar surface area (TPSA) is 41.5 Å². The predicted molar refractivity (Wildman–Crippen MR) is 76.5 cm³/mol. The van der Waals surface area contributed by atoms with Gasteiger partial charge in [0, 0.05) is 22.1 Å². The predicted octanol–water partition coefficient (Wildman–Crippen LogP) is 2.32. The molecule has 1 aromatic carbocycles. The van der Waals surface area contributed by atoms with E-state index >= 15 is 0 Å². The first-order valence-electron chi connectivity index (χ1n) is 5.69. The number of aliphatic hydroxyl groups is 1. The zero-order chi connectivity index (χ0) is 13.6. The summed E-state index contributed by atoms with van der Waals surface area (Å²) < 4.78 is 6.46. The van der Waals surface area contributed by atoms with Gasteiger partial charge in [0.15, 0.2) is 0 Å². The standard InChI is InChI=1S/C14H18BrNO2/c1-4-7-18-13-6-5-12(15)8-11(13)9-16-14(2,3)10-17/h1,5-6,8,16-17H,7,9-10H2,2-3H3. The highest BCUT2D eigenvalue weighted by molar-refractivity contribution is 9.10. The summed E-state index contributed by atoms with van der Waals surface area (Å²) in [5.41, 5.74) is 0.673. The molecular formula is C14H18BrNO2. The van der Waals surface area contributed by atoms with Crippen molar-refractivity contribution in [3.63, 3.8) is 0 Å². The average Bonchev–Trinajstić information content (AvgIpc) is 2.35. The molecule has 1 rings (SSSR count). The maximum Gasteiger partial charge on any atom is 0.148 e. The molecule has 0 spiro atoms. The summed E-state index contributed by atoms with van der Waals surface area (Å²) in [5.74, 6) is 3.21. The summed E-state index contributed by atoms with van der Waals surface area (Å²) in [7, 11) is 0. The zero-order valence-corrected chi connectivity index (χ0v) is 12.3. The van der Waals surface area contributed by atoms with Crippen LogP contribution in [0.3, 0.4) is 0 Å². The molecule has 4 heteroatoms. The van der Waals surface area contributed by atoms with Gasteiger partial charge in [0.2, 0.25) is 0 Å². The molecule has 0 heterocycles. The quantitative estimate of drug-likeness (QED) is 0.792. The van der Waals surface area contributed by atoms with Crippen molar-refractivity contribution in [3.8, 4) is 18.1 Å². The van der Waals surface area contributed by atoms with E-state index in [0.717, 1.165) is 15.8 Å². The van der Waals surface area contributed by atoms with Crippen LogP contribution in [0.4, 0.5) is 0 Å².